The van der Waals surface area contributed by atoms with Crippen LogP contribution in [0.15, 0.2) is 59.5 Å². The van der Waals surface area contributed by atoms with Gasteiger partial charge in [0.05, 0.1) is 30.2 Å². The average molecular weight is 390 g/mol. The number of aryl methyl sites for hydroxylation is 1. The molecule has 146 valence electrons. The fourth-order valence-corrected chi connectivity index (χ4v) is 5.12. The first-order valence-corrected chi connectivity index (χ1v) is 11.1. The Labute approximate surface area is 162 Å². The molecule has 1 heterocycles. The van der Waals surface area contributed by atoms with Crippen LogP contribution in [0.2, 0.25) is 0 Å². The predicted molar refractivity (Wildman–Crippen MR) is 108 cm³/mol. The van der Waals surface area contributed by atoms with E-state index >= 15 is 0 Å². The van der Waals surface area contributed by atoms with Crippen LogP contribution in [0.1, 0.15) is 24.8 Å². The number of sulfonamides is 1. The summed E-state index contributed by atoms with van der Waals surface area (Å²) in [6.07, 6.45) is 2.88. The van der Waals surface area contributed by atoms with Gasteiger partial charge >= 0.3 is 0 Å². The summed E-state index contributed by atoms with van der Waals surface area (Å²) < 4.78 is 27.9. The summed E-state index contributed by atoms with van der Waals surface area (Å²) >= 11 is 0. The van der Waals surface area contributed by atoms with Crippen molar-refractivity contribution in [2.75, 3.05) is 30.5 Å². The molecule has 6 heteroatoms. The molecule has 0 amide bonds. The summed E-state index contributed by atoms with van der Waals surface area (Å²) in [5.74, 6) is 0. The molecule has 27 heavy (non-hydrogen) atoms. The Bertz CT molecular complexity index is 816. The van der Waals surface area contributed by atoms with Crippen molar-refractivity contribution in [3.63, 3.8) is 0 Å². The van der Waals surface area contributed by atoms with Crippen LogP contribution >= 0.6 is 0 Å². The molecule has 2 aromatic carbocycles. The molecule has 1 fully saturated rings. The Morgan fingerprint density at radius 2 is 1.63 bits per heavy atom. The highest BCUT2D eigenvalue weighted by Gasteiger charge is 2.29. The van der Waals surface area contributed by atoms with E-state index in [1.54, 1.807) is 36.4 Å². The number of aliphatic hydroxyl groups is 1. The molecule has 1 saturated heterocycles. The number of hydrogen-bond acceptors (Lipinski definition) is 3. The molecular weight excluding hydrogens is 360 g/mol. The first kappa shape index (κ1) is 19.9. The van der Waals surface area contributed by atoms with Gasteiger partial charge in [-0.3, -0.25) is 4.31 Å². The van der Waals surface area contributed by atoms with E-state index in [4.69, 9.17) is 0 Å². The maximum absolute atomic E-state index is 13.3. The number of quaternary nitrogens is 1. The summed E-state index contributed by atoms with van der Waals surface area (Å²) in [6.45, 7) is 4.66. The minimum atomic E-state index is -3.74. The molecule has 2 N–H and O–H groups in total. The zero-order valence-corrected chi connectivity index (χ0v) is 16.7. The topological polar surface area (TPSA) is 62.0 Å². The standard InChI is InChI=1S/C21H28N2O3S/c1-18-10-12-21(13-11-18)27(25,26)23(19-8-4-2-5-9-19)17-20(24)16-22-14-6-3-7-15-22/h2,4-5,8-13,20,24H,3,6-7,14-17H2,1H3/p+1/t20-/m1/s1. The normalized spacial score (nSPS) is 16.8. The summed E-state index contributed by atoms with van der Waals surface area (Å²) in [4.78, 5) is 1.60. The molecule has 0 unspecified atom stereocenters. The van der Waals surface area contributed by atoms with Crippen LogP contribution in [0.4, 0.5) is 5.69 Å². The quantitative estimate of drug-likeness (QED) is 0.757. The van der Waals surface area contributed by atoms with Gasteiger partial charge in [0.2, 0.25) is 0 Å². The van der Waals surface area contributed by atoms with E-state index in [-0.39, 0.29) is 11.4 Å². The van der Waals surface area contributed by atoms with Crippen LogP contribution in [0.5, 0.6) is 0 Å². The summed E-state index contributed by atoms with van der Waals surface area (Å²) in [5.41, 5.74) is 1.58. The lowest BCUT2D eigenvalue weighted by Gasteiger charge is -2.30. The second kappa shape index (κ2) is 8.87. The van der Waals surface area contributed by atoms with Crippen molar-refractivity contribution in [2.45, 2.75) is 37.2 Å². The van der Waals surface area contributed by atoms with Crippen molar-refractivity contribution in [1.29, 1.82) is 0 Å². The van der Waals surface area contributed by atoms with E-state index in [9.17, 15) is 13.5 Å². The second-order valence-electron chi connectivity index (χ2n) is 7.35. The van der Waals surface area contributed by atoms with E-state index in [1.807, 2.05) is 25.1 Å². The minimum Gasteiger partial charge on any atom is -0.385 e. The summed E-state index contributed by atoms with van der Waals surface area (Å²) in [5, 5.41) is 10.7. The molecule has 1 aliphatic heterocycles. The molecule has 1 atom stereocenters. The molecule has 5 nitrogen and oxygen atoms in total. The zero-order chi connectivity index (χ0) is 19.3. The van der Waals surface area contributed by atoms with Crippen molar-refractivity contribution in [3.8, 4) is 0 Å². The number of hydrogen-bond donors (Lipinski definition) is 2. The highest BCUT2D eigenvalue weighted by Crippen LogP contribution is 2.24. The third kappa shape index (κ3) is 5.09. The van der Waals surface area contributed by atoms with Crippen LogP contribution in [-0.2, 0) is 10.0 Å². The molecule has 2 aromatic rings. The van der Waals surface area contributed by atoms with Crippen molar-refractivity contribution in [1.82, 2.24) is 0 Å². The predicted octanol–water partition coefficient (Wildman–Crippen LogP) is 1.62. The van der Waals surface area contributed by atoms with Gasteiger partial charge in [0.25, 0.3) is 10.0 Å². The summed E-state index contributed by atoms with van der Waals surface area (Å²) in [7, 11) is -3.74. The lowest BCUT2D eigenvalue weighted by molar-refractivity contribution is -0.907. The number of benzene rings is 2. The van der Waals surface area contributed by atoms with E-state index < -0.39 is 16.1 Å². The van der Waals surface area contributed by atoms with E-state index in [2.05, 4.69) is 0 Å². The smallest absolute Gasteiger partial charge is 0.264 e. The number of anilines is 1. The Balaban J connectivity index is 1.83. The van der Waals surface area contributed by atoms with Gasteiger partial charge in [-0.2, -0.15) is 0 Å². The van der Waals surface area contributed by atoms with Gasteiger partial charge in [-0.15, -0.1) is 0 Å². The molecule has 0 aromatic heterocycles. The Hall–Kier alpha value is -1.89. The molecule has 0 aliphatic carbocycles. The molecule has 1 aliphatic rings. The number of aliphatic hydroxyl groups excluding tert-OH is 1. The molecule has 0 radical (unpaired) electrons. The second-order valence-corrected chi connectivity index (χ2v) is 9.22. The lowest BCUT2D eigenvalue weighted by Crippen LogP contribution is -3.14. The van der Waals surface area contributed by atoms with Crippen molar-refractivity contribution in [2.24, 2.45) is 0 Å². The van der Waals surface area contributed by atoms with Crippen LogP contribution in [-0.4, -0.2) is 45.8 Å². The molecule has 0 bridgehead atoms. The molecule has 0 spiro atoms. The van der Waals surface area contributed by atoms with Gasteiger partial charge in [0.15, 0.2) is 0 Å². The monoisotopic (exact) mass is 389 g/mol. The average Bonchev–Trinajstić information content (AvgIpc) is 2.68. The first-order chi connectivity index (χ1) is 13.0. The minimum absolute atomic E-state index is 0.0592. The SMILES string of the molecule is Cc1ccc(S(=O)(=O)N(C[C@H](O)C[NH+]2CCCCC2)c2ccccc2)cc1. The molecular formula is C21H29N2O3S+. The Kier molecular flexibility index (Phi) is 6.52. The third-order valence-electron chi connectivity index (χ3n) is 5.11. The van der Waals surface area contributed by atoms with Crippen molar-refractivity contribution >= 4 is 15.7 Å². The number of nitrogens with one attached hydrogen (secondary N) is 1. The van der Waals surface area contributed by atoms with Gasteiger partial charge in [-0.05, 0) is 50.5 Å². The zero-order valence-electron chi connectivity index (χ0n) is 15.8. The maximum Gasteiger partial charge on any atom is 0.264 e. The van der Waals surface area contributed by atoms with Gasteiger partial charge in [0, 0.05) is 0 Å². The number of piperidine rings is 1. The number of rotatable bonds is 7. The van der Waals surface area contributed by atoms with Crippen LogP contribution in [0.3, 0.4) is 0 Å². The van der Waals surface area contributed by atoms with Crippen LogP contribution < -0.4 is 9.21 Å². The maximum atomic E-state index is 13.3. The van der Waals surface area contributed by atoms with Crippen molar-refractivity contribution in [3.05, 3.63) is 60.2 Å². The largest absolute Gasteiger partial charge is 0.385 e. The highest BCUT2D eigenvalue weighted by atomic mass is 32.2. The van der Waals surface area contributed by atoms with Crippen molar-refractivity contribution < 1.29 is 18.4 Å². The molecule has 3 rings (SSSR count). The van der Waals surface area contributed by atoms with Crippen LogP contribution in [0, 0.1) is 6.92 Å². The van der Waals surface area contributed by atoms with Gasteiger partial charge in [-0.1, -0.05) is 35.9 Å². The molecule has 0 saturated carbocycles. The Morgan fingerprint density at radius 3 is 2.26 bits per heavy atom. The number of nitrogens with zero attached hydrogens (tertiary/aromatic N) is 1. The van der Waals surface area contributed by atoms with E-state index in [0.29, 0.717) is 12.2 Å². The fraction of sp³-hybridized carbons (Fsp3) is 0.429. The van der Waals surface area contributed by atoms with Crippen LogP contribution in [0.25, 0.3) is 0 Å². The number of likely N-dealkylation sites (tertiary alicyclic amines) is 1. The highest BCUT2D eigenvalue weighted by molar-refractivity contribution is 7.92. The summed E-state index contributed by atoms with van der Waals surface area (Å²) in [6, 6.07) is 15.9. The third-order valence-corrected chi connectivity index (χ3v) is 6.92. The first-order valence-electron chi connectivity index (χ1n) is 9.63. The number of para-hydroxylation sites is 1. The Morgan fingerprint density at radius 1 is 1.00 bits per heavy atom. The lowest BCUT2D eigenvalue weighted by atomic mass is 10.1. The fourth-order valence-electron chi connectivity index (χ4n) is 3.62. The van der Waals surface area contributed by atoms with Gasteiger partial charge in [-0.25, -0.2) is 8.42 Å². The van der Waals surface area contributed by atoms with Gasteiger partial charge < -0.3 is 10.0 Å². The van der Waals surface area contributed by atoms with E-state index in [0.717, 1.165) is 18.7 Å². The van der Waals surface area contributed by atoms with E-state index in [1.165, 1.54) is 28.5 Å². The van der Waals surface area contributed by atoms with Gasteiger partial charge in [0.1, 0.15) is 12.6 Å².